The van der Waals surface area contributed by atoms with Crippen molar-refractivity contribution < 1.29 is 18.7 Å². The second-order valence-electron chi connectivity index (χ2n) is 3.43. The van der Waals surface area contributed by atoms with Gasteiger partial charge < -0.3 is 18.8 Å². The quantitative estimate of drug-likeness (QED) is 0.857. The van der Waals surface area contributed by atoms with Crippen molar-refractivity contribution in [2.24, 2.45) is 0 Å². The van der Waals surface area contributed by atoms with Gasteiger partial charge >= 0.3 is 5.97 Å². The van der Waals surface area contributed by atoms with Crippen molar-refractivity contribution in [1.82, 2.24) is 0 Å². The Morgan fingerprint density at radius 2 is 2.25 bits per heavy atom. The van der Waals surface area contributed by atoms with E-state index in [1.54, 1.807) is 23.5 Å². The predicted molar refractivity (Wildman–Crippen MR) is 56.5 cm³/mol. The molecule has 0 aliphatic heterocycles. The topological polar surface area (TPSA) is 66.8 Å². The van der Waals surface area contributed by atoms with E-state index in [1.165, 1.54) is 6.07 Å². The molecule has 2 aromatic heterocycles. The van der Waals surface area contributed by atoms with E-state index in [-0.39, 0.29) is 5.76 Å². The lowest BCUT2D eigenvalue weighted by Crippen LogP contribution is -2.15. The van der Waals surface area contributed by atoms with Crippen LogP contribution in [0.5, 0.6) is 0 Å². The van der Waals surface area contributed by atoms with Gasteiger partial charge in [-0.05, 0) is 12.1 Å². The molecule has 0 aromatic carbocycles. The summed E-state index contributed by atoms with van der Waals surface area (Å²) in [4.78, 5) is 12.4. The molecule has 2 rings (SSSR count). The van der Waals surface area contributed by atoms with Crippen LogP contribution >= 0.6 is 0 Å². The fourth-order valence-electron chi connectivity index (χ4n) is 1.38. The van der Waals surface area contributed by atoms with Gasteiger partial charge in [0.25, 0.3) is 0 Å². The Balaban J connectivity index is 2.08. The van der Waals surface area contributed by atoms with E-state index in [0.717, 1.165) is 5.56 Å². The summed E-state index contributed by atoms with van der Waals surface area (Å²) >= 11 is 0. The smallest absolute Gasteiger partial charge is 0.371 e. The molecule has 1 N–H and O–H groups in total. The summed E-state index contributed by atoms with van der Waals surface area (Å²) in [5, 5.41) is 8.71. The molecule has 0 amide bonds. The third-order valence-electron chi connectivity index (χ3n) is 2.18. The highest BCUT2D eigenvalue weighted by Crippen LogP contribution is 2.19. The Kier molecular flexibility index (Phi) is 2.68. The van der Waals surface area contributed by atoms with Gasteiger partial charge in [0.1, 0.15) is 0 Å². The van der Waals surface area contributed by atoms with Gasteiger partial charge in [0.05, 0.1) is 12.5 Å². The van der Waals surface area contributed by atoms with Crippen LogP contribution in [0.3, 0.4) is 0 Å². The zero-order valence-corrected chi connectivity index (χ0v) is 8.71. The molecule has 0 aliphatic rings. The number of carboxylic acids is 1. The summed E-state index contributed by atoms with van der Waals surface area (Å²) in [6.45, 7) is 0.600. The first-order chi connectivity index (χ1) is 7.66. The number of nitrogens with zero attached hydrogens (tertiary/aromatic N) is 1. The first kappa shape index (κ1) is 10.4. The molecule has 84 valence electrons. The molecule has 0 saturated heterocycles. The van der Waals surface area contributed by atoms with Crippen LogP contribution in [0.25, 0.3) is 0 Å². The van der Waals surface area contributed by atoms with E-state index < -0.39 is 5.97 Å². The summed E-state index contributed by atoms with van der Waals surface area (Å²) in [6, 6.07) is 4.91. The van der Waals surface area contributed by atoms with Gasteiger partial charge in [-0.3, -0.25) is 0 Å². The fourth-order valence-corrected chi connectivity index (χ4v) is 1.38. The zero-order valence-electron chi connectivity index (χ0n) is 8.71. The number of aromatic carboxylic acids is 1. The molecule has 0 spiro atoms. The van der Waals surface area contributed by atoms with Crippen molar-refractivity contribution in [2.45, 2.75) is 6.54 Å². The zero-order chi connectivity index (χ0) is 11.5. The van der Waals surface area contributed by atoms with Crippen molar-refractivity contribution in [1.29, 1.82) is 0 Å². The van der Waals surface area contributed by atoms with Crippen LogP contribution in [0.1, 0.15) is 16.1 Å². The highest BCUT2D eigenvalue weighted by molar-refractivity contribution is 5.84. The molecule has 0 bridgehead atoms. The minimum absolute atomic E-state index is 0.0611. The Hall–Kier alpha value is -2.17. The van der Waals surface area contributed by atoms with Crippen LogP contribution in [-0.4, -0.2) is 18.1 Å². The average Bonchev–Trinajstić information content (AvgIpc) is 2.86. The molecule has 2 heterocycles. The maximum absolute atomic E-state index is 10.6. The Morgan fingerprint density at radius 3 is 2.81 bits per heavy atom. The van der Waals surface area contributed by atoms with Crippen molar-refractivity contribution >= 4 is 11.9 Å². The van der Waals surface area contributed by atoms with E-state index >= 15 is 0 Å². The van der Waals surface area contributed by atoms with Crippen LogP contribution < -0.4 is 4.90 Å². The fraction of sp³-hybridized carbons (Fsp3) is 0.182. The Morgan fingerprint density at radius 1 is 1.44 bits per heavy atom. The summed E-state index contributed by atoms with van der Waals surface area (Å²) < 4.78 is 10.1. The van der Waals surface area contributed by atoms with Crippen molar-refractivity contribution in [3.05, 3.63) is 42.0 Å². The van der Waals surface area contributed by atoms with Gasteiger partial charge in [-0.2, -0.15) is 0 Å². The van der Waals surface area contributed by atoms with Gasteiger partial charge in [0.2, 0.25) is 5.76 Å². The van der Waals surface area contributed by atoms with E-state index in [2.05, 4.69) is 0 Å². The second kappa shape index (κ2) is 4.14. The molecule has 0 saturated carbocycles. The van der Waals surface area contributed by atoms with Gasteiger partial charge in [0.15, 0.2) is 5.88 Å². The van der Waals surface area contributed by atoms with Gasteiger partial charge in [-0.25, -0.2) is 4.79 Å². The number of rotatable bonds is 4. The number of anilines is 1. The monoisotopic (exact) mass is 221 g/mol. The lowest BCUT2D eigenvalue weighted by molar-refractivity contribution is 0.0663. The van der Waals surface area contributed by atoms with Crippen molar-refractivity contribution in [3.8, 4) is 0 Å². The normalized spacial score (nSPS) is 10.3. The Bertz CT molecular complexity index is 472. The van der Waals surface area contributed by atoms with Gasteiger partial charge in [-0.15, -0.1) is 0 Å². The number of hydrogen-bond acceptors (Lipinski definition) is 4. The number of carboxylic acid groups (broad SMARTS) is 1. The summed E-state index contributed by atoms with van der Waals surface area (Å²) in [6.07, 6.45) is 3.23. The molecule has 5 nitrogen and oxygen atoms in total. The lowest BCUT2D eigenvalue weighted by atomic mass is 10.3. The van der Waals surface area contributed by atoms with Gasteiger partial charge in [0, 0.05) is 25.2 Å². The summed E-state index contributed by atoms with van der Waals surface area (Å²) in [7, 11) is 1.82. The maximum atomic E-state index is 10.6. The van der Waals surface area contributed by atoms with Crippen LogP contribution in [0, 0.1) is 0 Å². The van der Waals surface area contributed by atoms with Crippen LogP contribution in [0.15, 0.2) is 39.6 Å². The van der Waals surface area contributed by atoms with Crippen molar-refractivity contribution in [2.75, 3.05) is 11.9 Å². The second-order valence-corrected chi connectivity index (χ2v) is 3.43. The maximum Gasteiger partial charge on any atom is 0.371 e. The number of hydrogen-bond donors (Lipinski definition) is 1. The molecule has 0 fully saturated rings. The molecular formula is C11H11NO4. The first-order valence-electron chi connectivity index (χ1n) is 4.72. The molecule has 5 heteroatoms. The van der Waals surface area contributed by atoms with E-state index in [9.17, 15) is 4.79 Å². The molecule has 2 aromatic rings. The minimum Gasteiger partial charge on any atom is -0.475 e. The molecule has 16 heavy (non-hydrogen) atoms. The van der Waals surface area contributed by atoms with Crippen LogP contribution in [0.2, 0.25) is 0 Å². The molecule has 0 atom stereocenters. The van der Waals surface area contributed by atoms with Crippen molar-refractivity contribution in [3.63, 3.8) is 0 Å². The third-order valence-corrected chi connectivity index (χ3v) is 2.18. The van der Waals surface area contributed by atoms with Crippen LogP contribution in [0.4, 0.5) is 5.88 Å². The average molecular weight is 221 g/mol. The SMILES string of the molecule is CN(Cc1ccoc1)c1ccc(C(=O)O)o1. The predicted octanol–water partition coefficient (Wildman–Crippen LogP) is 2.21. The molecular weight excluding hydrogens is 210 g/mol. The van der Waals surface area contributed by atoms with Gasteiger partial charge in [-0.1, -0.05) is 0 Å². The Labute approximate surface area is 91.9 Å². The highest BCUT2D eigenvalue weighted by atomic mass is 16.4. The largest absolute Gasteiger partial charge is 0.475 e. The molecule has 0 unspecified atom stereocenters. The van der Waals surface area contributed by atoms with E-state index in [4.69, 9.17) is 13.9 Å². The lowest BCUT2D eigenvalue weighted by Gasteiger charge is -2.14. The molecule has 0 aliphatic carbocycles. The standard InChI is InChI=1S/C11H11NO4/c1-12(6-8-4-5-15-7-8)10-3-2-9(16-10)11(13)14/h2-5,7H,6H2,1H3,(H,13,14). The summed E-state index contributed by atoms with van der Waals surface area (Å²) in [5.41, 5.74) is 0.996. The minimum atomic E-state index is -1.07. The highest BCUT2D eigenvalue weighted by Gasteiger charge is 2.12. The van der Waals surface area contributed by atoms with Crippen LogP contribution in [-0.2, 0) is 6.54 Å². The van der Waals surface area contributed by atoms with E-state index in [1.807, 2.05) is 13.1 Å². The third kappa shape index (κ3) is 2.08. The number of furan rings is 2. The first-order valence-corrected chi connectivity index (χ1v) is 4.72. The van der Waals surface area contributed by atoms with E-state index in [0.29, 0.717) is 12.4 Å². The number of carbonyl (C=O) groups is 1. The molecule has 0 radical (unpaired) electrons. The summed E-state index contributed by atoms with van der Waals surface area (Å²) in [5.74, 6) is -0.615.